The highest BCUT2D eigenvalue weighted by Gasteiger charge is 2.15. The van der Waals surface area contributed by atoms with Crippen molar-refractivity contribution in [2.45, 2.75) is 20.3 Å². The van der Waals surface area contributed by atoms with Crippen LogP contribution >= 0.6 is 0 Å². The van der Waals surface area contributed by atoms with Crippen LogP contribution in [0.3, 0.4) is 0 Å². The standard InChI is InChI=1S/C14H17NO3/c1-8(16)5-11-9(2)15-12-6-10(17-3)7-13(18-4)14(11)12/h6-7,15H,5H2,1-4H3. The minimum atomic E-state index is 0.136. The van der Waals surface area contributed by atoms with E-state index in [1.807, 2.05) is 19.1 Å². The highest BCUT2D eigenvalue weighted by molar-refractivity contribution is 5.95. The van der Waals surface area contributed by atoms with Crippen LogP contribution in [0, 0.1) is 6.92 Å². The number of hydrogen-bond acceptors (Lipinski definition) is 3. The normalized spacial score (nSPS) is 10.7. The average molecular weight is 247 g/mol. The van der Waals surface area contributed by atoms with Crippen LogP contribution in [0.5, 0.6) is 11.5 Å². The molecule has 96 valence electrons. The van der Waals surface area contributed by atoms with Gasteiger partial charge in [0.15, 0.2) is 0 Å². The molecule has 0 radical (unpaired) electrons. The van der Waals surface area contributed by atoms with Crippen molar-refractivity contribution in [1.29, 1.82) is 0 Å². The van der Waals surface area contributed by atoms with Crippen molar-refractivity contribution in [2.75, 3.05) is 14.2 Å². The second kappa shape index (κ2) is 4.72. The number of ether oxygens (including phenoxy) is 2. The molecule has 0 spiro atoms. The zero-order valence-corrected chi connectivity index (χ0v) is 11.1. The lowest BCUT2D eigenvalue weighted by Gasteiger charge is -2.07. The summed E-state index contributed by atoms with van der Waals surface area (Å²) in [5.74, 6) is 1.59. The molecule has 0 unspecified atom stereocenters. The number of nitrogens with one attached hydrogen (secondary N) is 1. The van der Waals surface area contributed by atoms with E-state index in [2.05, 4.69) is 4.98 Å². The Morgan fingerprint density at radius 1 is 1.28 bits per heavy atom. The Bertz CT molecular complexity index is 599. The van der Waals surface area contributed by atoms with Gasteiger partial charge in [0.05, 0.1) is 19.7 Å². The van der Waals surface area contributed by atoms with E-state index >= 15 is 0 Å². The van der Waals surface area contributed by atoms with Crippen LogP contribution < -0.4 is 9.47 Å². The highest BCUT2D eigenvalue weighted by atomic mass is 16.5. The molecule has 1 aromatic carbocycles. The maximum Gasteiger partial charge on any atom is 0.134 e. The van der Waals surface area contributed by atoms with Gasteiger partial charge in [-0.3, -0.25) is 4.79 Å². The lowest BCUT2D eigenvalue weighted by Crippen LogP contribution is -1.98. The SMILES string of the molecule is COc1cc(OC)c2c(CC(C)=O)c(C)[nH]c2c1. The van der Waals surface area contributed by atoms with Gasteiger partial charge in [-0.1, -0.05) is 0 Å². The van der Waals surface area contributed by atoms with E-state index in [0.29, 0.717) is 6.42 Å². The third-order valence-electron chi connectivity index (χ3n) is 3.03. The molecule has 0 amide bonds. The molecule has 0 saturated carbocycles. The Balaban J connectivity index is 2.71. The van der Waals surface area contributed by atoms with Crippen molar-refractivity contribution in [3.05, 3.63) is 23.4 Å². The second-order valence-corrected chi connectivity index (χ2v) is 4.36. The molecule has 0 aliphatic rings. The third kappa shape index (κ3) is 2.06. The maximum atomic E-state index is 11.4. The monoisotopic (exact) mass is 247 g/mol. The fourth-order valence-corrected chi connectivity index (χ4v) is 2.21. The number of hydrogen-bond donors (Lipinski definition) is 1. The number of ketones is 1. The van der Waals surface area contributed by atoms with Gasteiger partial charge in [0.25, 0.3) is 0 Å². The van der Waals surface area contributed by atoms with Crippen molar-refractivity contribution in [3.63, 3.8) is 0 Å². The van der Waals surface area contributed by atoms with Crippen LogP contribution in [0.1, 0.15) is 18.2 Å². The molecule has 2 rings (SSSR count). The number of aromatic amines is 1. The van der Waals surface area contributed by atoms with E-state index in [4.69, 9.17) is 9.47 Å². The summed E-state index contributed by atoms with van der Waals surface area (Å²) in [6.07, 6.45) is 0.411. The number of fused-ring (bicyclic) bond motifs is 1. The molecule has 0 fully saturated rings. The zero-order valence-electron chi connectivity index (χ0n) is 11.1. The Morgan fingerprint density at radius 2 is 2.00 bits per heavy atom. The Labute approximate surface area is 106 Å². The number of carbonyl (C=O) groups is 1. The number of Topliss-reactive ketones (excluding diaryl/α,β-unsaturated/α-hetero) is 1. The fraction of sp³-hybridized carbons (Fsp3) is 0.357. The van der Waals surface area contributed by atoms with Crippen LogP contribution in [0.25, 0.3) is 10.9 Å². The van der Waals surface area contributed by atoms with Gasteiger partial charge in [-0.05, 0) is 19.4 Å². The molecule has 1 heterocycles. The first-order chi connectivity index (χ1) is 8.56. The van der Waals surface area contributed by atoms with E-state index in [0.717, 1.165) is 33.7 Å². The molecule has 18 heavy (non-hydrogen) atoms. The van der Waals surface area contributed by atoms with Crippen LogP contribution in [-0.4, -0.2) is 25.0 Å². The van der Waals surface area contributed by atoms with Gasteiger partial charge in [0, 0.05) is 29.6 Å². The van der Waals surface area contributed by atoms with Crippen LogP contribution in [0.2, 0.25) is 0 Å². The van der Waals surface area contributed by atoms with E-state index in [-0.39, 0.29) is 5.78 Å². The molecule has 0 bridgehead atoms. The minimum absolute atomic E-state index is 0.136. The number of aryl methyl sites for hydroxylation is 1. The molecule has 1 aromatic heterocycles. The first kappa shape index (κ1) is 12.5. The lowest BCUT2D eigenvalue weighted by molar-refractivity contribution is -0.116. The summed E-state index contributed by atoms with van der Waals surface area (Å²) < 4.78 is 10.6. The second-order valence-electron chi connectivity index (χ2n) is 4.36. The van der Waals surface area contributed by atoms with E-state index < -0.39 is 0 Å². The summed E-state index contributed by atoms with van der Waals surface area (Å²) in [7, 11) is 3.24. The predicted molar refractivity (Wildman–Crippen MR) is 70.5 cm³/mol. The molecule has 0 aliphatic heterocycles. The van der Waals surface area contributed by atoms with Crippen molar-refractivity contribution in [3.8, 4) is 11.5 Å². The van der Waals surface area contributed by atoms with E-state index in [1.165, 1.54) is 0 Å². The van der Waals surface area contributed by atoms with Crippen molar-refractivity contribution < 1.29 is 14.3 Å². The number of rotatable bonds is 4. The lowest BCUT2D eigenvalue weighted by atomic mass is 10.0. The van der Waals surface area contributed by atoms with Gasteiger partial charge in [-0.2, -0.15) is 0 Å². The van der Waals surface area contributed by atoms with Gasteiger partial charge >= 0.3 is 0 Å². The molecule has 4 heteroatoms. The fourth-order valence-electron chi connectivity index (χ4n) is 2.21. The summed E-state index contributed by atoms with van der Waals surface area (Å²) in [6, 6.07) is 3.74. The van der Waals surface area contributed by atoms with Crippen molar-refractivity contribution >= 4 is 16.7 Å². The van der Waals surface area contributed by atoms with Gasteiger partial charge in [-0.25, -0.2) is 0 Å². The average Bonchev–Trinajstić information content (AvgIpc) is 2.64. The van der Waals surface area contributed by atoms with Gasteiger partial charge < -0.3 is 14.5 Å². The summed E-state index contributed by atoms with van der Waals surface area (Å²) in [5.41, 5.74) is 2.92. The van der Waals surface area contributed by atoms with Crippen LogP contribution in [0.15, 0.2) is 12.1 Å². The third-order valence-corrected chi connectivity index (χ3v) is 3.03. The summed E-state index contributed by atoms with van der Waals surface area (Å²) in [4.78, 5) is 14.6. The number of methoxy groups -OCH3 is 2. The predicted octanol–water partition coefficient (Wildman–Crippen LogP) is 2.63. The largest absolute Gasteiger partial charge is 0.497 e. The van der Waals surface area contributed by atoms with Crippen LogP contribution in [0.4, 0.5) is 0 Å². The number of carbonyl (C=O) groups excluding carboxylic acids is 1. The Morgan fingerprint density at radius 3 is 2.56 bits per heavy atom. The van der Waals surface area contributed by atoms with Crippen molar-refractivity contribution in [1.82, 2.24) is 4.98 Å². The summed E-state index contributed by atoms with van der Waals surface area (Å²) in [6.45, 7) is 3.55. The summed E-state index contributed by atoms with van der Waals surface area (Å²) >= 11 is 0. The smallest absolute Gasteiger partial charge is 0.134 e. The topological polar surface area (TPSA) is 51.3 Å². The highest BCUT2D eigenvalue weighted by Crippen LogP contribution is 2.35. The molecule has 0 aliphatic carbocycles. The molecule has 2 aromatic rings. The molecule has 4 nitrogen and oxygen atoms in total. The first-order valence-corrected chi connectivity index (χ1v) is 5.79. The minimum Gasteiger partial charge on any atom is -0.497 e. The Kier molecular flexibility index (Phi) is 3.28. The number of aromatic nitrogens is 1. The molecule has 0 atom stereocenters. The molecule has 1 N–H and O–H groups in total. The van der Waals surface area contributed by atoms with E-state index in [1.54, 1.807) is 21.1 Å². The van der Waals surface area contributed by atoms with Gasteiger partial charge in [0.1, 0.15) is 17.3 Å². The number of H-pyrrole nitrogens is 1. The maximum absolute atomic E-state index is 11.4. The number of benzene rings is 1. The summed E-state index contributed by atoms with van der Waals surface area (Å²) in [5, 5.41) is 0.964. The van der Waals surface area contributed by atoms with Gasteiger partial charge in [-0.15, -0.1) is 0 Å². The van der Waals surface area contributed by atoms with Gasteiger partial charge in [0.2, 0.25) is 0 Å². The van der Waals surface area contributed by atoms with Crippen LogP contribution in [-0.2, 0) is 11.2 Å². The van der Waals surface area contributed by atoms with Crippen molar-refractivity contribution in [2.24, 2.45) is 0 Å². The molecular formula is C14H17NO3. The molecule has 0 saturated heterocycles. The zero-order chi connectivity index (χ0) is 13.3. The molecular weight excluding hydrogens is 230 g/mol. The first-order valence-electron chi connectivity index (χ1n) is 5.79. The van der Waals surface area contributed by atoms with E-state index in [9.17, 15) is 4.79 Å². The Hall–Kier alpha value is -1.97. The quantitative estimate of drug-likeness (QED) is 0.903.